The fourth-order valence-electron chi connectivity index (χ4n) is 1.38. The molecule has 106 valence electrons. The molecule has 2 N–H and O–H groups in total. The number of amides is 1. The number of carbonyl (C=O) groups is 1. The van der Waals surface area contributed by atoms with E-state index < -0.39 is 0 Å². The normalized spacial score (nSPS) is 11.2. The molecule has 0 radical (unpaired) electrons. The van der Waals surface area contributed by atoms with Gasteiger partial charge < -0.3 is 15.2 Å². The van der Waals surface area contributed by atoms with Gasteiger partial charge in [-0.05, 0) is 19.1 Å². The second kappa shape index (κ2) is 7.14. The maximum absolute atomic E-state index is 11.6. The fourth-order valence-corrected chi connectivity index (χ4v) is 1.38. The number of hydrogen-bond donors (Lipinski definition) is 2. The second-order valence-electron chi connectivity index (χ2n) is 5.51. The van der Waals surface area contributed by atoms with E-state index in [0.717, 1.165) is 5.75 Å². The van der Waals surface area contributed by atoms with Crippen molar-refractivity contribution in [1.29, 1.82) is 0 Å². The summed E-state index contributed by atoms with van der Waals surface area (Å²) in [5.74, 6) is 0.711. The minimum absolute atomic E-state index is 0.0488. The third-order valence-electron chi connectivity index (χ3n) is 2.81. The van der Waals surface area contributed by atoms with Crippen molar-refractivity contribution in [1.82, 2.24) is 5.32 Å². The highest BCUT2D eigenvalue weighted by Crippen LogP contribution is 2.12. The summed E-state index contributed by atoms with van der Waals surface area (Å²) in [5.41, 5.74) is 0.893. The SMILES string of the molecule is Cc1ccc(OCCC(=O)NCC(C)(C)CO)cc1. The van der Waals surface area contributed by atoms with Gasteiger partial charge in [-0.25, -0.2) is 0 Å². The zero-order valence-corrected chi connectivity index (χ0v) is 11.9. The van der Waals surface area contributed by atoms with Crippen molar-refractivity contribution in [2.75, 3.05) is 19.8 Å². The summed E-state index contributed by atoms with van der Waals surface area (Å²) >= 11 is 0. The Kier molecular flexibility index (Phi) is 5.83. The van der Waals surface area contributed by atoms with E-state index in [9.17, 15) is 4.79 Å². The predicted molar refractivity (Wildman–Crippen MR) is 75.2 cm³/mol. The minimum atomic E-state index is -0.284. The molecule has 0 saturated heterocycles. The van der Waals surface area contributed by atoms with E-state index in [1.54, 1.807) is 0 Å². The number of benzene rings is 1. The van der Waals surface area contributed by atoms with Gasteiger partial charge in [0.1, 0.15) is 5.75 Å². The number of ether oxygens (including phenoxy) is 1. The van der Waals surface area contributed by atoms with Crippen LogP contribution >= 0.6 is 0 Å². The molecule has 1 aromatic carbocycles. The summed E-state index contributed by atoms with van der Waals surface area (Å²) in [5, 5.41) is 11.9. The Morgan fingerprint density at radius 2 is 1.95 bits per heavy atom. The number of hydrogen-bond acceptors (Lipinski definition) is 3. The van der Waals surface area contributed by atoms with Crippen LogP contribution in [-0.4, -0.2) is 30.8 Å². The van der Waals surface area contributed by atoms with Crippen molar-refractivity contribution in [2.45, 2.75) is 27.2 Å². The number of nitrogens with one attached hydrogen (secondary N) is 1. The molecule has 4 heteroatoms. The number of carbonyl (C=O) groups excluding carboxylic acids is 1. The van der Waals surface area contributed by atoms with Crippen molar-refractivity contribution < 1.29 is 14.6 Å². The minimum Gasteiger partial charge on any atom is -0.493 e. The van der Waals surface area contributed by atoms with E-state index >= 15 is 0 Å². The summed E-state index contributed by atoms with van der Waals surface area (Å²) < 4.78 is 5.48. The first-order valence-electron chi connectivity index (χ1n) is 6.50. The van der Waals surface area contributed by atoms with Crippen LogP contribution in [0.1, 0.15) is 25.8 Å². The average Bonchev–Trinajstić information content (AvgIpc) is 2.39. The number of aliphatic hydroxyl groups excluding tert-OH is 1. The van der Waals surface area contributed by atoms with Crippen LogP contribution in [0.4, 0.5) is 0 Å². The Morgan fingerprint density at radius 1 is 1.32 bits per heavy atom. The van der Waals surface area contributed by atoms with Gasteiger partial charge in [-0.15, -0.1) is 0 Å². The van der Waals surface area contributed by atoms with Crippen LogP contribution in [0, 0.1) is 12.3 Å². The number of aliphatic hydroxyl groups is 1. The van der Waals surface area contributed by atoms with E-state index in [1.165, 1.54) is 5.56 Å². The summed E-state index contributed by atoms with van der Waals surface area (Å²) in [4.78, 5) is 11.6. The summed E-state index contributed by atoms with van der Waals surface area (Å²) in [7, 11) is 0. The topological polar surface area (TPSA) is 58.6 Å². The van der Waals surface area contributed by atoms with Gasteiger partial charge in [0, 0.05) is 18.6 Å². The van der Waals surface area contributed by atoms with Crippen LogP contribution in [0.2, 0.25) is 0 Å². The Balaban J connectivity index is 2.22. The van der Waals surface area contributed by atoms with Crippen molar-refractivity contribution >= 4 is 5.91 Å². The third-order valence-corrected chi connectivity index (χ3v) is 2.81. The molecular weight excluding hydrogens is 242 g/mol. The monoisotopic (exact) mass is 265 g/mol. The molecule has 0 fully saturated rings. The molecule has 0 heterocycles. The van der Waals surface area contributed by atoms with Crippen LogP contribution in [-0.2, 0) is 4.79 Å². The predicted octanol–water partition coefficient (Wildman–Crippen LogP) is 1.90. The van der Waals surface area contributed by atoms with Crippen molar-refractivity contribution in [2.24, 2.45) is 5.41 Å². The molecule has 1 amide bonds. The Labute approximate surface area is 114 Å². The lowest BCUT2D eigenvalue weighted by molar-refractivity contribution is -0.122. The molecule has 4 nitrogen and oxygen atoms in total. The largest absolute Gasteiger partial charge is 0.493 e. The van der Waals surface area contributed by atoms with Gasteiger partial charge in [-0.1, -0.05) is 31.5 Å². The van der Waals surface area contributed by atoms with Crippen molar-refractivity contribution in [3.63, 3.8) is 0 Å². The van der Waals surface area contributed by atoms with Gasteiger partial charge in [0.05, 0.1) is 13.0 Å². The van der Waals surface area contributed by atoms with Gasteiger partial charge in [-0.3, -0.25) is 4.79 Å². The van der Waals surface area contributed by atoms with Crippen LogP contribution < -0.4 is 10.1 Å². The van der Waals surface area contributed by atoms with E-state index in [-0.39, 0.29) is 17.9 Å². The van der Waals surface area contributed by atoms with Crippen molar-refractivity contribution in [3.05, 3.63) is 29.8 Å². The lowest BCUT2D eigenvalue weighted by Gasteiger charge is -2.21. The molecule has 0 spiro atoms. The molecule has 0 bridgehead atoms. The molecule has 0 atom stereocenters. The first-order valence-corrected chi connectivity index (χ1v) is 6.50. The van der Waals surface area contributed by atoms with Crippen LogP contribution in [0.5, 0.6) is 5.75 Å². The quantitative estimate of drug-likeness (QED) is 0.791. The average molecular weight is 265 g/mol. The van der Waals surface area contributed by atoms with Crippen LogP contribution in [0.15, 0.2) is 24.3 Å². The lowest BCUT2D eigenvalue weighted by Crippen LogP contribution is -2.36. The van der Waals surface area contributed by atoms with E-state index in [4.69, 9.17) is 9.84 Å². The molecule has 0 aliphatic rings. The van der Waals surface area contributed by atoms with Gasteiger partial charge in [0.15, 0.2) is 0 Å². The molecule has 19 heavy (non-hydrogen) atoms. The molecular formula is C15H23NO3. The van der Waals surface area contributed by atoms with Gasteiger partial charge in [0.2, 0.25) is 5.91 Å². The van der Waals surface area contributed by atoms with Gasteiger partial charge in [0.25, 0.3) is 0 Å². The highest BCUT2D eigenvalue weighted by atomic mass is 16.5. The van der Waals surface area contributed by atoms with Crippen molar-refractivity contribution in [3.8, 4) is 5.75 Å². The highest BCUT2D eigenvalue weighted by molar-refractivity contribution is 5.76. The molecule has 0 aliphatic heterocycles. The molecule has 1 aromatic rings. The second-order valence-corrected chi connectivity index (χ2v) is 5.51. The fraction of sp³-hybridized carbons (Fsp3) is 0.533. The Morgan fingerprint density at radius 3 is 2.53 bits per heavy atom. The van der Waals surface area contributed by atoms with E-state index in [0.29, 0.717) is 19.6 Å². The highest BCUT2D eigenvalue weighted by Gasteiger charge is 2.17. The van der Waals surface area contributed by atoms with E-state index in [1.807, 2.05) is 45.0 Å². The maximum Gasteiger partial charge on any atom is 0.223 e. The first kappa shape index (κ1) is 15.5. The molecule has 0 unspecified atom stereocenters. The zero-order chi connectivity index (χ0) is 14.3. The number of aryl methyl sites for hydroxylation is 1. The molecule has 0 aliphatic carbocycles. The molecule has 0 saturated carbocycles. The Bertz CT molecular complexity index is 398. The van der Waals surface area contributed by atoms with Gasteiger partial charge in [-0.2, -0.15) is 0 Å². The third kappa shape index (κ3) is 6.25. The van der Waals surface area contributed by atoms with Crippen LogP contribution in [0.3, 0.4) is 0 Å². The maximum atomic E-state index is 11.6. The Hall–Kier alpha value is -1.55. The summed E-state index contributed by atoms with van der Waals surface area (Å²) in [6, 6.07) is 7.72. The smallest absolute Gasteiger partial charge is 0.223 e. The summed E-state index contributed by atoms with van der Waals surface area (Å²) in [6.45, 7) is 6.68. The summed E-state index contributed by atoms with van der Waals surface area (Å²) in [6.07, 6.45) is 0.315. The zero-order valence-electron chi connectivity index (χ0n) is 11.9. The lowest BCUT2D eigenvalue weighted by atomic mass is 9.95. The first-order chi connectivity index (χ1) is 8.93. The number of rotatable bonds is 7. The van der Waals surface area contributed by atoms with Gasteiger partial charge >= 0.3 is 0 Å². The standard InChI is InChI=1S/C15H23NO3/c1-12-4-6-13(7-5-12)19-9-8-14(18)16-10-15(2,3)11-17/h4-7,17H,8-11H2,1-3H3,(H,16,18). The van der Waals surface area contributed by atoms with E-state index in [2.05, 4.69) is 5.32 Å². The molecule has 1 rings (SSSR count). The molecule has 0 aromatic heterocycles. The van der Waals surface area contributed by atoms with Crippen LogP contribution in [0.25, 0.3) is 0 Å².